The molecule has 2 atom stereocenters. The van der Waals surface area contributed by atoms with Gasteiger partial charge in [0.1, 0.15) is 0 Å². The lowest BCUT2D eigenvalue weighted by Gasteiger charge is -2.09. The molecule has 0 bridgehead atoms. The van der Waals surface area contributed by atoms with E-state index in [9.17, 15) is 0 Å². The van der Waals surface area contributed by atoms with Crippen LogP contribution in [0.2, 0.25) is 0 Å². The molecule has 0 saturated carbocycles. The molecule has 1 saturated heterocycles. The number of ether oxygens (including phenoxy) is 1. The molecule has 0 aromatic carbocycles. The summed E-state index contributed by atoms with van der Waals surface area (Å²) in [6.45, 7) is 7.23. The molecule has 1 N–H and O–H groups in total. The van der Waals surface area contributed by atoms with Crippen LogP contribution in [-0.4, -0.2) is 25.8 Å². The minimum absolute atomic E-state index is 0.625. The second-order valence-corrected chi connectivity index (χ2v) is 3.27. The van der Waals surface area contributed by atoms with E-state index in [0.717, 1.165) is 19.1 Å². The van der Waals surface area contributed by atoms with Crippen LogP contribution in [0.4, 0.5) is 0 Å². The molecule has 1 aliphatic rings. The van der Waals surface area contributed by atoms with Crippen LogP contribution < -0.4 is 5.32 Å². The second kappa shape index (κ2) is 4.73. The molecule has 1 aliphatic heterocycles. The summed E-state index contributed by atoms with van der Waals surface area (Å²) in [4.78, 5) is 0. The first-order valence-corrected chi connectivity index (χ1v) is 4.68. The van der Waals surface area contributed by atoms with Gasteiger partial charge in [0.2, 0.25) is 0 Å². The first-order chi connectivity index (χ1) is 5.36. The third-order valence-corrected chi connectivity index (χ3v) is 2.41. The van der Waals surface area contributed by atoms with Gasteiger partial charge in [-0.25, -0.2) is 0 Å². The molecule has 2 heteroatoms. The lowest BCUT2D eigenvalue weighted by atomic mass is 10.0. The molecule has 0 spiro atoms. The maximum absolute atomic E-state index is 5.35. The van der Waals surface area contributed by atoms with Crippen molar-refractivity contribution in [1.82, 2.24) is 5.32 Å². The van der Waals surface area contributed by atoms with E-state index in [1.54, 1.807) is 0 Å². The van der Waals surface area contributed by atoms with E-state index in [4.69, 9.17) is 4.74 Å². The molecular formula is C9H19NO. The van der Waals surface area contributed by atoms with Crippen molar-refractivity contribution in [3.05, 3.63) is 0 Å². The second-order valence-electron chi connectivity index (χ2n) is 3.27. The Balaban J connectivity index is 2.09. The minimum atomic E-state index is 0.625. The van der Waals surface area contributed by atoms with Crippen molar-refractivity contribution in [2.75, 3.05) is 19.8 Å². The zero-order valence-electron chi connectivity index (χ0n) is 7.60. The highest BCUT2D eigenvalue weighted by Gasteiger charge is 2.21. The summed E-state index contributed by atoms with van der Waals surface area (Å²) in [6, 6.07) is 0.625. The van der Waals surface area contributed by atoms with E-state index in [1.165, 1.54) is 19.4 Å². The molecule has 2 unspecified atom stereocenters. The average molecular weight is 157 g/mol. The normalized spacial score (nSPS) is 31.1. The Kier molecular flexibility index (Phi) is 3.87. The highest BCUT2D eigenvalue weighted by Crippen LogP contribution is 2.16. The minimum Gasteiger partial charge on any atom is -0.380 e. The van der Waals surface area contributed by atoms with E-state index in [0.29, 0.717) is 6.04 Å². The lowest BCUT2D eigenvalue weighted by Crippen LogP contribution is -2.26. The largest absolute Gasteiger partial charge is 0.380 e. The third-order valence-electron chi connectivity index (χ3n) is 2.41. The molecule has 1 fully saturated rings. The summed E-state index contributed by atoms with van der Waals surface area (Å²) in [5.74, 6) is 0.889. The van der Waals surface area contributed by atoms with Crippen LogP contribution in [0.15, 0.2) is 0 Å². The SMILES string of the molecule is CCOCC1CC(CC)CN1. The molecule has 11 heavy (non-hydrogen) atoms. The van der Waals surface area contributed by atoms with Crippen molar-refractivity contribution in [2.24, 2.45) is 5.92 Å². The first-order valence-electron chi connectivity index (χ1n) is 4.68. The van der Waals surface area contributed by atoms with Crippen LogP contribution in [-0.2, 0) is 4.74 Å². The lowest BCUT2D eigenvalue weighted by molar-refractivity contribution is 0.127. The molecular weight excluding hydrogens is 138 g/mol. The van der Waals surface area contributed by atoms with Crippen molar-refractivity contribution in [2.45, 2.75) is 32.7 Å². The van der Waals surface area contributed by atoms with Gasteiger partial charge in [-0.05, 0) is 25.8 Å². The van der Waals surface area contributed by atoms with Gasteiger partial charge in [0, 0.05) is 12.6 Å². The number of nitrogens with one attached hydrogen (secondary N) is 1. The van der Waals surface area contributed by atoms with Crippen molar-refractivity contribution in [3.8, 4) is 0 Å². The van der Waals surface area contributed by atoms with Crippen LogP contribution in [0.5, 0.6) is 0 Å². The fraction of sp³-hybridized carbons (Fsp3) is 1.00. The molecule has 0 radical (unpaired) electrons. The Morgan fingerprint density at radius 1 is 1.45 bits per heavy atom. The molecule has 1 heterocycles. The number of rotatable bonds is 4. The first kappa shape index (κ1) is 9.01. The van der Waals surface area contributed by atoms with Gasteiger partial charge in [0.25, 0.3) is 0 Å². The summed E-state index contributed by atoms with van der Waals surface area (Å²) < 4.78 is 5.35. The Morgan fingerprint density at radius 3 is 2.82 bits per heavy atom. The predicted octanol–water partition coefficient (Wildman–Crippen LogP) is 1.41. The summed E-state index contributed by atoms with van der Waals surface area (Å²) >= 11 is 0. The Hall–Kier alpha value is -0.0800. The Bertz CT molecular complexity index is 106. The topological polar surface area (TPSA) is 21.3 Å². The van der Waals surface area contributed by atoms with Crippen molar-refractivity contribution < 1.29 is 4.74 Å². The van der Waals surface area contributed by atoms with Gasteiger partial charge < -0.3 is 10.1 Å². The van der Waals surface area contributed by atoms with Crippen LogP contribution in [0, 0.1) is 5.92 Å². The van der Waals surface area contributed by atoms with E-state index in [1.807, 2.05) is 6.92 Å². The molecule has 0 aromatic rings. The van der Waals surface area contributed by atoms with E-state index < -0.39 is 0 Å². The van der Waals surface area contributed by atoms with E-state index in [2.05, 4.69) is 12.2 Å². The molecule has 2 nitrogen and oxygen atoms in total. The molecule has 0 amide bonds. The molecule has 1 rings (SSSR count). The Labute approximate surface area is 69.3 Å². The summed E-state index contributed by atoms with van der Waals surface area (Å²) in [6.07, 6.45) is 2.60. The van der Waals surface area contributed by atoms with Crippen molar-refractivity contribution >= 4 is 0 Å². The quantitative estimate of drug-likeness (QED) is 0.666. The van der Waals surface area contributed by atoms with Crippen LogP contribution in [0.25, 0.3) is 0 Å². The highest BCUT2D eigenvalue weighted by molar-refractivity contribution is 4.80. The van der Waals surface area contributed by atoms with Gasteiger partial charge in [-0.15, -0.1) is 0 Å². The van der Waals surface area contributed by atoms with Gasteiger partial charge in [0.05, 0.1) is 6.61 Å². The molecule has 0 aliphatic carbocycles. The average Bonchev–Trinajstić information content (AvgIpc) is 2.48. The fourth-order valence-corrected chi connectivity index (χ4v) is 1.60. The third kappa shape index (κ3) is 2.80. The smallest absolute Gasteiger partial charge is 0.0619 e. The van der Waals surface area contributed by atoms with Crippen LogP contribution >= 0.6 is 0 Å². The predicted molar refractivity (Wildman–Crippen MR) is 46.7 cm³/mol. The number of hydrogen-bond donors (Lipinski definition) is 1. The van der Waals surface area contributed by atoms with Gasteiger partial charge in [-0.3, -0.25) is 0 Å². The number of hydrogen-bond acceptors (Lipinski definition) is 2. The van der Waals surface area contributed by atoms with Crippen molar-refractivity contribution in [3.63, 3.8) is 0 Å². The van der Waals surface area contributed by atoms with Gasteiger partial charge in [-0.1, -0.05) is 13.3 Å². The fourth-order valence-electron chi connectivity index (χ4n) is 1.60. The van der Waals surface area contributed by atoms with Crippen LogP contribution in [0.3, 0.4) is 0 Å². The maximum atomic E-state index is 5.35. The van der Waals surface area contributed by atoms with Gasteiger partial charge in [-0.2, -0.15) is 0 Å². The summed E-state index contributed by atoms with van der Waals surface area (Å²) in [7, 11) is 0. The van der Waals surface area contributed by atoms with Gasteiger partial charge in [0.15, 0.2) is 0 Å². The summed E-state index contributed by atoms with van der Waals surface area (Å²) in [5.41, 5.74) is 0. The van der Waals surface area contributed by atoms with Crippen LogP contribution in [0.1, 0.15) is 26.7 Å². The summed E-state index contributed by atoms with van der Waals surface area (Å²) in [5, 5.41) is 3.47. The zero-order chi connectivity index (χ0) is 8.10. The maximum Gasteiger partial charge on any atom is 0.0619 e. The van der Waals surface area contributed by atoms with Crippen molar-refractivity contribution in [1.29, 1.82) is 0 Å². The monoisotopic (exact) mass is 157 g/mol. The zero-order valence-corrected chi connectivity index (χ0v) is 7.60. The molecule has 0 aromatic heterocycles. The van der Waals surface area contributed by atoms with E-state index >= 15 is 0 Å². The molecule has 66 valence electrons. The highest BCUT2D eigenvalue weighted by atomic mass is 16.5. The van der Waals surface area contributed by atoms with E-state index in [-0.39, 0.29) is 0 Å². The Morgan fingerprint density at radius 2 is 2.27 bits per heavy atom. The van der Waals surface area contributed by atoms with Gasteiger partial charge >= 0.3 is 0 Å². The standard InChI is InChI=1S/C9H19NO/c1-3-8-5-9(10-6-8)7-11-4-2/h8-10H,3-7H2,1-2H3.